The highest BCUT2D eigenvalue weighted by Gasteiger charge is 2.18. The predicted octanol–water partition coefficient (Wildman–Crippen LogP) is 4.45. The third-order valence-electron chi connectivity index (χ3n) is 3.20. The summed E-state index contributed by atoms with van der Waals surface area (Å²) in [6, 6.07) is 17.9. The Morgan fingerprint density at radius 2 is 1.76 bits per heavy atom. The largest absolute Gasteiger partial charge is 0.333 e. The third-order valence-corrected chi connectivity index (χ3v) is 4.35. The maximum Gasteiger partial charge on any atom is 0.255 e. The van der Waals surface area contributed by atoms with Crippen LogP contribution in [0.5, 0.6) is 0 Å². The maximum absolute atomic E-state index is 12.8. The lowest BCUT2D eigenvalue weighted by Gasteiger charge is -2.23. The van der Waals surface area contributed by atoms with Crippen molar-refractivity contribution in [2.45, 2.75) is 11.4 Å². The summed E-state index contributed by atoms with van der Waals surface area (Å²) in [6.07, 6.45) is 2.00. The summed E-state index contributed by atoms with van der Waals surface area (Å²) >= 11 is 5.05. The lowest BCUT2D eigenvalue weighted by Crippen LogP contribution is -2.32. The minimum atomic E-state index is 0.0863. The van der Waals surface area contributed by atoms with Crippen molar-refractivity contribution in [1.29, 1.82) is 0 Å². The molecule has 0 aliphatic carbocycles. The van der Waals surface area contributed by atoms with Gasteiger partial charge in [-0.05, 0) is 24.0 Å². The molecule has 21 heavy (non-hydrogen) atoms. The van der Waals surface area contributed by atoms with Gasteiger partial charge in [-0.2, -0.15) is 0 Å². The van der Waals surface area contributed by atoms with Crippen LogP contribution in [0.1, 0.15) is 15.9 Å². The fraction of sp³-hybridized carbons (Fsp3) is 0.235. The molecule has 110 valence electrons. The molecular formula is C17H18BrNOS. The van der Waals surface area contributed by atoms with Crippen molar-refractivity contribution in [3.8, 4) is 0 Å². The fourth-order valence-corrected chi connectivity index (χ4v) is 3.17. The smallest absolute Gasteiger partial charge is 0.255 e. The van der Waals surface area contributed by atoms with Crippen LogP contribution in [0.25, 0.3) is 0 Å². The van der Waals surface area contributed by atoms with E-state index in [-0.39, 0.29) is 5.91 Å². The Bertz CT molecular complexity index is 588. The van der Waals surface area contributed by atoms with Crippen LogP contribution in [0.4, 0.5) is 0 Å². The van der Waals surface area contributed by atoms with Gasteiger partial charge in [0.1, 0.15) is 0 Å². The van der Waals surface area contributed by atoms with Gasteiger partial charge in [-0.3, -0.25) is 4.79 Å². The predicted molar refractivity (Wildman–Crippen MR) is 93.2 cm³/mol. The van der Waals surface area contributed by atoms with Gasteiger partial charge in [0.05, 0.1) is 5.56 Å². The first kappa shape index (κ1) is 16.1. The zero-order valence-corrected chi connectivity index (χ0v) is 14.4. The highest BCUT2D eigenvalue weighted by molar-refractivity contribution is 9.09. The highest BCUT2D eigenvalue weighted by Crippen LogP contribution is 2.22. The molecule has 0 fully saturated rings. The summed E-state index contributed by atoms with van der Waals surface area (Å²) in [4.78, 5) is 15.7. The van der Waals surface area contributed by atoms with E-state index >= 15 is 0 Å². The Morgan fingerprint density at radius 3 is 2.43 bits per heavy atom. The number of thioether (sulfide) groups is 1. The summed E-state index contributed by atoms with van der Waals surface area (Å²) in [5.74, 6) is 0.0863. The molecule has 0 heterocycles. The van der Waals surface area contributed by atoms with Gasteiger partial charge in [-0.25, -0.2) is 0 Å². The highest BCUT2D eigenvalue weighted by atomic mass is 79.9. The van der Waals surface area contributed by atoms with Crippen molar-refractivity contribution in [2.24, 2.45) is 0 Å². The van der Waals surface area contributed by atoms with Crippen LogP contribution in [0.2, 0.25) is 0 Å². The first-order valence-electron chi connectivity index (χ1n) is 6.78. The number of benzene rings is 2. The van der Waals surface area contributed by atoms with Crippen molar-refractivity contribution in [3.63, 3.8) is 0 Å². The summed E-state index contributed by atoms with van der Waals surface area (Å²) in [6.45, 7) is 1.32. The van der Waals surface area contributed by atoms with E-state index in [9.17, 15) is 4.79 Å². The standard InChI is InChI=1S/C17H18BrNOS/c1-21-16-10-6-5-9-15(16)17(20)19(12-11-18)13-14-7-3-2-4-8-14/h2-10H,11-13H2,1H3. The zero-order chi connectivity index (χ0) is 15.1. The Balaban J connectivity index is 2.23. The normalized spacial score (nSPS) is 10.4. The van der Waals surface area contributed by atoms with Gasteiger partial charge in [0.2, 0.25) is 0 Å². The number of carbonyl (C=O) groups is 1. The Kier molecular flexibility index (Phi) is 6.33. The summed E-state index contributed by atoms with van der Waals surface area (Å²) in [7, 11) is 0. The van der Waals surface area contributed by atoms with Crippen LogP contribution in [-0.2, 0) is 6.54 Å². The van der Waals surface area contributed by atoms with E-state index in [4.69, 9.17) is 0 Å². The summed E-state index contributed by atoms with van der Waals surface area (Å²) in [5, 5.41) is 0.771. The van der Waals surface area contributed by atoms with Crippen LogP contribution in [-0.4, -0.2) is 28.9 Å². The van der Waals surface area contributed by atoms with Gasteiger partial charge in [0, 0.05) is 23.3 Å². The van der Waals surface area contributed by atoms with Crippen molar-refractivity contribution in [2.75, 3.05) is 18.1 Å². The second kappa shape index (κ2) is 8.25. The SMILES string of the molecule is CSc1ccccc1C(=O)N(CCBr)Cc1ccccc1. The van der Waals surface area contributed by atoms with Crippen molar-refractivity contribution in [3.05, 3.63) is 65.7 Å². The number of carbonyl (C=O) groups excluding carboxylic acids is 1. The van der Waals surface area contributed by atoms with E-state index < -0.39 is 0 Å². The molecule has 1 amide bonds. The van der Waals surface area contributed by atoms with Gasteiger partial charge >= 0.3 is 0 Å². The number of alkyl halides is 1. The van der Waals surface area contributed by atoms with Gasteiger partial charge in [0.15, 0.2) is 0 Å². The maximum atomic E-state index is 12.8. The van der Waals surface area contributed by atoms with Gasteiger partial charge in [-0.1, -0.05) is 58.4 Å². The minimum Gasteiger partial charge on any atom is -0.333 e. The molecule has 2 rings (SSSR count). The molecule has 2 aromatic rings. The molecular weight excluding hydrogens is 346 g/mol. The molecule has 4 heteroatoms. The average molecular weight is 364 g/mol. The molecule has 0 spiro atoms. The molecule has 0 aliphatic rings. The van der Waals surface area contributed by atoms with E-state index in [1.807, 2.05) is 53.6 Å². The summed E-state index contributed by atoms with van der Waals surface area (Å²) < 4.78 is 0. The van der Waals surface area contributed by atoms with Crippen LogP contribution < -0.4 is 0 Å². The molecule has 2 nitrogen and oxygen atoms in total. The first-order valence-corrected chi connectivity index (χ1v) is 9.13. The Morgan fingerprint density at radius 1 is 1.10 bits per heavy atom. The lowest BCUT2D eigenvalue weighted by atomic mass is 10.1. The van der Waals surface area contributed by atoms with Crippen molar-refractivity contribution < 1.29 is 4.79 Å². The molecule has 0 saturated heterocycles. The van der Waals surface area contributed by atoms with E-state index in [0.717, 1.165) is 21.4 Å². The molecule has 0 bridgehead atoms. The lowest BCUT2D eigenvalue weighted by molar-refractivity contribution is 0.0751. The van der Waals surface area contributed by atoms with Gasteiger partial charge in [-0.15, -0.1) is 11.8 Å². The summed E-state index contributed by atoms with van der Waals surface area (Å²) in [5.41, 5.74) is 1.93. The molecule has 0 aliphatic heterocycles. The van der Waals surface area contributed by atoms with Crippen LogP contribution in [0.15, 0.2) is 59.5 Å². The average Bonchev–Trinajstić information content (AvgIpc) is 2.54. The van der Waals surface area contributed by atoms with Crippen molar-refractivity contribution in [1.82, 2.24) is 4.90 Å². The molecule has 0 radical (unpaired) electrons. The Labute approximate surface area is 138 Å². The monoisotopic (exact) mass is 363 g/mol. The topological polar surface area (TPSA) is 20.3 Å². The first-order chi connectivity index (χ1) is 10.3. The van der Waals surface area contributed by atoms with E-state index in [1.165, 1.54) is 0 Å². The number of amides is 1. The quantitative estimate of drug-likeness (QED) is 0.558. The Hall–Kier alpha value is -1.26. The number of rotatable bonds is 6. The van der Waals surface area contributed by atoms with Crippen LogP contribution >= 0.6 is 27.7 Å². The van der Waals surface area contributed by atoms with E-state index in [0.29, 0.717) is 13.1 Å². The van der Waals surface area contributed by atoms with Crippen LogP contribution in [0.3, 0.4) is 0 Å². The number of hydrogen-bond donors (Lipinski definition) is 0. The molecule has 0 atom stereocenters. The third kappa shape index (κ3) is 4.35. The minimum absolute atomic E-state index is 0.0863. The fourth-order valence-electron chi connectivity index (χ4n) is 2.15. The number of halogens is 1. The number of hydrogen-bond acceptors (Lipinski definition) is 2. The van der Waals surface area contributed by atoms with E-state index in [2.05, 4.69) is 28.1 Å². The number of nitrogens with zero attached hydrogens (tertiary/aromatic N) is 1. The molecule has 2 aromatic carbocycles. The van der Waals surface area contributed by atoms with Crippen molar-refractivity contribution >= 4 is 33.6 Å². The zero-order valence-electron chi connectivity index (χ0n) is 12.0. The molecule has 0 saturated carbocycles. The second-order valence-corrected chi connectivity index (χ2v) is 6.24. The van der Waals surface area contributed by atoms with Crippen LogP contribution in [0, 0.1) is 0 Å². The second-order valence-electron chi connectivity index (χ2n) is 4.60. The molecule has 0 unspecified atom stereocenters. The molecule has 0 N–H and O–H groups in total. The van der Waals surface area contributed by atoms with E-state index in [1.54, 1.807) is 11.8 Å². The van der Waals surface area contributed by atoms with Gasteiger partial charge < -0.3 is 4.90 Å². The molecule has 0 aromatic heterocycles. The van der Waals surface area contributed by atoms with Gasteiger partial charge in [0.25, 0.3) is 5.91 Å².